The number of nitrogens with zero attached hydrogens (tertiary/aromatic N) is 2. The van der Waals surface area contributed by atoms with Gasteiger partial charge in [-0.2, -0.15) is 0 Å². The third-order valence-corrected chi connectivity index (χ3v) is 5.10. The molecule has 108 valence electrons. The van der Waals surface area contributed by atoms with Crippen LogP contribution >= 0.6 is 11.6 Å². The van der Waals surface area contributed by atoms with E-state index in [1.54, 1.807) is 14.1 Å². The fraction of sp³-hybridized carbons (Fsp3) is 0.583. The third-order valence-electron chi connectivity index (χ3n) is 3.03. The van der Waals surface area contributed by atoms with Gasteiger partial charge in [-0.1, -0.05) is 31.9 Å². The molecule has 0 amide bonds. The zero-order chi connectivity index (χ0) is 14.6. The lowest BCUT2D eigenvalue weighted by Gasteiger charge is -2.20. The fourth-order valence-corrected chi connectivity index (χ4v) is 3.18. The van der Waals surface area contributed by atoms with Crippen LogP contribution in [-0.4, -0.2) is 38.3 Å². The first-order valence-corrected chi connectivity index (χ1v) is 7.94. The summed E-state index contributed by atoms with van der Waals surface area (Å²) in [4.78, 5) is 4.11. The molecule has 0 fully saturated rings. The molecule has 0 spiro atoms. The van der Waals surface area contributed by atoms with Gasteiger partial charge in [0, 0.05) is 26.8 Å². The predicted molar refractivity (Wildman–Crippen MR) is 78.1 cm³/mol. The van der Waals surface area contributed by atoms with E-state index in [1.165, 1.54) is 16.6 Å². The van der Waals surface area contributed by atoms with Crippen LogP contribution in [0.4, 0.5) is 5.82 Å². The van der Waals surface area contributed by atoms with E-state index in [0.29, 0.717) is 23.3 Å². The van der Waals surface area contributed by atoms with Crippen LogP contribution in [0.15, 0.2) is 17.2 Å². The van der Waals surface area contributed by atoms with Crippen LogP contribution in [0.2, 0.25) is 5.02 Å². The molecule has 19 heavy (non-hydrogen) atoms. The van der Waals surface area contributed by atoms with Gasteiger partial charge in [-0.05, 0) is 12.0 Å². The Morgan fingerprint density at radius 1 is 1.53 bits per heavy atom. The number of nitrogens with one attached hydrogen (secondary N) is 1. The number of pyridine rings is 1. The molecule has 1 aromatic heterocycles. The number of rotatable bonds is 6. The Labute approximate surface area is 120 Å². The molecule has 1 heterocycles. The van der Waals surface area contributed by atoms with Crippen molar-refractivity contribution in [2.75, 3.05) is 26.0 Å². The molecule has 0 saturated heterocycles. The van der Waals surface area contributed by atoms with Gasteiger partial charge in [0.15, 0.2) is 0 Å². The molecule has 1 rings (SSSR count). The van der Waals surface area contributed by atoms with Crippen molar-refractivity contribution >= 4 is 27.4 Å². The molecule has 5 nitrogen and oxygen atoms in total. The Morgan fingerprint density at radius 3 is 2.63 bits per heavy atom. The fourth-order valence-electron chi connectivity index (χ4n) is 1.59. The predicted octanol–water partition coefficient (Wildman–Crippen LogP) is 2.44. The van der Waals surface area contributed by atoms with Crippen LogP contribution in [0.1, 0.15) is 20.3 Å². The highest BCUT2D eigenvalue weighted by molar-refractivity contribution is 7.89. The molecule has 0 aliphatic carbocycles. The minimum atomic E-state index is -3.53. The van der Waals surface area contributed by atoms with E-state index in [2.05, 4.69) is 10.3 Å². The summed E-state index contributed by atoms with van der Waals surface area (Å²) in [6.45, 7) is 4.52. The summed E-state index contributed by atoms with van der Waals surface area (Å²) in [5, 5.41) is 3.09. The Bertz CT molecular complexity index is 534. The topological polar surface area (TPSA) is 62.3 Å². The molecule has 0 bridgehead atoms. The molecule has 1 atom stereocenters. The lowest BCUT2D eigenvalue weighted by atomic mass is 10.1. The summed E-state index contributed by atoms with van der Waals surface area (Å²) in [6, 6.07) is 1.42. The monoisotopic (exact) mass is 305 g/mol. The van der Waals surface area contributed by atoms with Crippen molar-refractivity contribution in [3.05, 3.63) is 17.3 Å². The van der Waals surface area contributed by atoms with Gasteiger partial charge < -0.3 is 5.32 Å². The molecular formula is C12H20ClN3O2S. The van der Waals surface area contributed by atoms with Crippen LogP contribution in [0.3, 0.4) is 0 Å². The minimum absolute atomic E-state index is 0.113. The van der Waals surface area contributed by atoms with E-state index < -0.39 is 10.0 Å². The van der Waals surface area contributed by atoms with E-state index in [0.717, 1.165) is 6.42 Å². The number of halogens is 1. The Balaban J connectivity index is 3.03. The average molecular weight is 306 g/mol. The van der Waals surface area contributed by atoms with Gasteiger partial charge in [-0.25, -0.2) is 17.7 Å². The molecule has 0 aromatic carbocycles. The van der Waals surface area contributed by atoms with Crippen LogP contribution < -0.4 is 5.32 Å². The number of sulfonamides is 1. The van der Waals surface area contributed by atoms with E-state index in [4.69, 9.17) is 11.6 Å². The van der Waals surface area contributed by atoms with Gasteiger partial charge >= 0.3 is 0 Å². The molecule has 0 radical (unpaired) electrons. The van der Waals surface area contributed by atoms with Crippen molar-refractivity contribution in [2.45, 2.75) is 25.2 Å². The summed E-state index contributed by atoms with van der Waals surface area (Å²) < 4.78 is 26.0. The van der Waals surface area contributed by atoms with Gasteiger partial charge in [0.05, 0.1) is 5.02 Å². The van der Waals surface area contributed by atoms with Crippen LogP contribution in [0.5, 0.6) is 0 Å². The lowest BCUT2D eigenvalue weighted by Crippen LogP contribution is -2.31. The normalized spacial score (nSPS) is 13.6. The van der Waals surface area contributed by atoms with Crippen molar-refractivity contribution in [3.8, 4) is 0 Å². The Kier molecular flexibility index (Phi) is 5.58. The van der Waals surface area contributed by atoms with Gasteiger partial charge in [0.25, 0.3) is 0 Å². The average Bonchev–Trinajstić information content (AvgIpc) is 2.38. The first-order chi connectivity index (χ1) is 8.82. The van der Waals surface area contributed by atoms with Gasteiger partial charge in [0.1, 0.15) is 10.7 Å². The number of hydrogen-bond donors (Lipinski definition) is 1. The molecule has 1 unspecified atom stereocenters. The number of anilines is 1. The second-order valence-corrected chi connectivity index (χ2v) is 7.00. The van der Waals surface area contributed by atoms with Gasteiger partial charge in [-0.15, -0.1) is 0 Å². The smallest absolute Gasteiger partial charge is 0.244 e. The van der Waals surface area contributed by atoms with Crippen molar-refractivity contribution in [2.24, 2.45) is 5.92 Å². The largest absolute Gasteiger partial charge is 0.372 e. The highest BCUT2D eigenvalue weighted by Crippen LogP contribution is 2.24. The Morgan fingerprint density at radius 2 is 2.16 bits per heavy atom. The molecule has 1 aromatic rings. The summed E-state index contributed by atoms with van der Waals surface area (Å²) in [7, 11) is -0.284. The highest BCUT2D eigenvalue weighted by Gasteiger charge is 2.23. The third kappa shape index (κ3) is 3.81. The first kappa shape index (κ1) is 16.2. The maximum absolute atomic E-state index is 12.3. The van der Waals surface area contributed by atoms with Gasteiger partial charge in [-0.3, -0.25) is 0 Å². The maximum atomic E-state index is 12.3. The second kappa shape index (κ2) is 6.54. The van der Waals surface area contributed by atoms with Crippen LogP contribution in [0, 0.1) is 5.92 Å². The summed E-state index contributed by atoms with van der Waals surface area (Å²) in [5.41, 5.74) is 0. The SMILES string of the molecule is CCC(C)CN(C)S(=O)(=O)c1cnc(NC)c(Cl)c1. The highest BCUT2D eigenvalue weighted by atomic mass is 35.5. The second-order valence-electron chi connectivity index (χ2n) is 4.55. The van der Waals surface area contributed by atoms with Crippen LogP contribution in [0.25, 0.3) is 0 Å². The summed E-state index contributed by atoms with van der Waals surface area (Å²) in [6.07, 6.45) is 2.25. The van der Waals surface area contributed by atoms with Gasteiger partial charge in [0.2, 0.25) is 10.0 Å². The standard InChI is InChI=1S/C12H20ClN3O2S/c1-5-9(2)8-16(4)19(17,18)10-6-11(13)12(14-3)15-7-10/h6-7,9H,5,8H2,1-4H3,(H,14,15). The van der Waals surface area contributed by atoms with Crippen LogP contribution in [-0.2, 0) is 10.0 Å². The number of hydrogen-bond acceptors (Lipinski definition) is 4. The van der Waals surface area contributed by atoms with Crippen molar-refractivity contribution in [3.63, 3.8) is 0 Å². The quantitative estimate of drug-likeness (QED) is 0.877. The zero-order valence-corrected chi connectivity index (χ0v) is 13.2. The molecule has 1 N–H and O–H groups in total. The van der Waals surface area contributed by atoms with E-state index in [1.807, 2.05) is 13.8 Å². The molecular weight excluding hydrogens is 286 g/mol. The summed E-state index contributed by atoms with van der Waals surface area (Å²) >= 11 is 5.97. The van der Waals surface area contributed by atoms with E-state index >= 15 is 0 Å². The lowest BCUT2D eigenvalue weighted by molar-refractivity contribution is 0.393. The molecule has 0 saturated carbocycles. The number of aromatic nitrogens is 1. The van der Waals surface area contributed by atoms with Crippen molar-refractivity contribution < 1.29 is 8.42 Å². The Hall–Kier alpha value is -0.850. The first-order valence-electron chi connectivity index (χ1n) is 6.12. The molecule has 0 aliphatic rings. The minimum Gasteiger partial charge on any atom is -0.372 e. The summed E-state index contributed by atoms with van der Waals surface area (Å²) in [5.74, 6) is 0.769. The maximum Gasteiger partial charge on any atom is 0.244 e. The van der Waals surface area contributed by atoms with Crippen molar-refractivity contribution in [1.82, 2.24) is 9.29 Å². The van der Waals surface area contributed by atoms with E-state index in [9.17, 15) is 8.42 Å². The van der Waals surface area contributed by atoms with E-state index in [-0.39, 0.29) is 4.90 Å². The zero-order valence-electron chi connectivity index (χ0n) is 11.6. The van der Waals surface area contributed by atoms with Crippen molar-refractivity contribution in [1.29, 1.82) is 0 Å². The molecule has 7 heteroatoms. The molecule has 0 aliphatic heterocycles.